The molecule has 0 aromatic heterocycles. The molecule has 4 heterocycles. The Bertz CT molecular complexity index is 903. The quantitative estimate of drug-likeness (QED) is 0.769. The molecule has 1 unspecified atom stereocenters. The van der Waals surface area contributed by atoms with E-state index in [2.05, 4.69) is 53.6 Å². The lowest BCUT2D eigenvalue weighted by atomic mass is 9.86. The summed E-state index contributed by atoms with van der Waals surface area (Å²) in [6, 6.07) is 4.58. The van der Waals surface area contributed by atoms with Gasteiger partial charge in [-0.1, -0.05) is 0 Å². The fourth-order valence-electron chi connectivity index (χ4n) is 5.16. The summed E-state index contributed by atoms with van der Waals surface area (Å²) in [6.07, 6.45) is 2.02. The topological polar surface area (TPSA) is 78.4 Å². The maximum atomic E-state index is 12.3. The van der Waals surface area contributed by atoms with Crippen molar-refractivity contribution in [1.29, 1.82) is 0 Å². The zero-order chi connectivity index (χ0) is 21.8. The van der Waals surface area contributed by atoms with Gasteiger partial charge in [0.2, 0.25) is 0 Å². The molecule has 1 aromatic rings. The minimum absolute atomic E-state index is 0.0236. The lowest BCUT2D eigenvalue weighted by Gasteiger charge is -2.51. The largest absolute Gasteiger partial charge is 0.483 e. The Morgan fingerprint density at radius 3 is 2.71 bits per heavy atom. The van der Waals surface area contributed by atoms with E-state index in [-0.39, 0.29) is 17.5 Å². The highest BCUT2D eigenvalue weighted by atomic mass is 16.5. The highest BCUT2D eigenvalue weighted by molar-refractivity contribution is 6.09. The molecule has 1 atom stereocenters. The first-order valence-corrected chi connectivity index (χ1v) is 11.4. The Kier molecular flexibility index (Phi) is 5.09. The van der Waals surface area contributed by atoms with Crippen LogP contribution < -0.4 is 20.4 Å². The molecule has 4 aliphatic heterocycles. The van der Waals surface area contributed by atoms with Crippen LogP contribution in [-0.4, -0.2) is 67.2 Å². The molecule has 2 fully saturated rings. The third kappa shape index (κ3) is 3.65. The summed E-state index contributed by atoms with van der Waals surface area (Å²) >= 11 is 0. The second-order valence-electron chi connectivity index (χ2n) is 9.82. The fraction of sp³-hybridized carbons (Fsp3) is 0.652. The molecular weight excluding hydrogens is 394 g/mol. The fourth-order valence-corrected chi connectivity index (χ4v) is 5.16. The number of amides is 1. The van der Waals surface area contributed by atoms with Crippen molar-refractivity contribution in [2.45, 2.75) is 64.1 Å². The van der Waals surface area contributed by atoms with Crippen molar-refractivity contribution in [2.24, 2.45) is 5.10 Å². The highest BCUT2D eigenvalue weighted by Gasteiger charge is 2.41. The summed E-state index contributed by atoms with van der Waals surface area (Å²) in [5.41, 5.74) is 5.97. The number of anilines is 2. The number of carbonyl (C=O) groups excluding carboxylic acids is 1. The molecule has 8 nitrogen and oxygen atoms in total. The molecule has 2 N–H and O–H groups in total. The third-order valence-corrected chi connectivity index (χ3v) is 7.02. The SMILES string of the molecule is CC(C)N1CC(C)(Nc2cc3c(cc2C2CCOCC2)OCC2=NNC(=O)C(C)N23)C1. The van der Waals surface area contributed by atoms with E-state index >= 15 is 0 Å². The first kappa shape index (κ1) is 20.6. The van der Waals surface area contributed by atoms with Gasteiger partial charge < -0.3 is 19.7 Å². The molecule has 0 aliphatic carbocycles. The van der Waals surface area contributed by atoms with E-state index in [9.17, 15) is 4.79 Å². The van der Waals surface area contributed by atoms with Crippen LogP contribution in [0, 0.1) is 0 Å². The standard InChI is InChI=1S/C23H33N5O3/c1-14(2)27-12-23(4,13-27)24-18-10-19-20(9-17(18)16-5-7-30-8-6-16)31-11-21-25-26-22(29)15(3)28(19)21/h9-10,14-16,24H,5-8,11-13H2,1-4H3,(H,26,29). The van der Waals surface area contributed by atoms with Gasteiger partial charge in [-0.25, -0.2) is 5.43 Å². The molecule has 168 valence electrons. The van der Waals surface area contributed by atoms with E-state index in [1.807, 2.05) is 11.8 Å². The van der Waals surface area contributed by atoms with Crippen LogP contribution in [0.2, 0.25) is 0 Å². The maximum Gasteiger partial charge on any atom is 0.262 e. The maximum absolute atomic E-state index is 12.3. The van der Waals surface area contributed by atoms with Crippen LogP contribution in [0.25, 0.3) is 0 Å². The van der Waals surface area contributed by atoms with Crippen molar-refractivity contribution in [3.8, 4) is 5.75 Å². The van der Waals surface area contributed by atoms with Crippen molar-refractivity contribution in [3.05, 3.63) is 17.7 Å². The second kappa shape index (κ2) is 7.67. The average molecular weight is 428 g/mol. The number of hydrogen-bond donors (Lipinski definition) is 2. The Balaban J connectivity index is 1.53. The van der Waals surface area contributed by atoms with Crippen LogP contribution in [-0.2, 0) is 9.53 Å². The minimum Gasteiger partial charge on any atom is -0.483 e. The number of likely N-dealkylation sites (tertiary alicyclic amines) is 1. The van der Waals surface area contributed by atoms with Gasteiger partial charge in [-0.2, -0.15) is 5.10 Å². The Labute approximate surface area is 183 Å². The number of carbonyl (C=O) groups is 1. The zero-order valence-electron chi connectivity index (χ0n) is 18.9. The molecule has 4 aliphatic rings. The molecule has 8 heteroatoms. The molecule has 31 heavy (non-hydrogen) atoms. The van der Waals surface area contributed by atoms with Crippen LogP contribution in [0.1, 0.15) is 52.0 Å². The number of ether oxygens (including phenoxy) is 2. The predicted molar refractivity (Wildman–Crippen MR) is 121 cm³/mol. The molecular formula is C23H33N5O3. The lowest BCUT2D eigenvalue weighted by molar-refractivity contribution is -0.122. The van der Waals surface area contributed by atoms with Crippen LogP contribution in [0.3, 0.4) is 0 Å². The molecule has 0 radical (unpaired) electrons. The van der Waals surface area contributed by atoms with Crippen molar-refractivity contribution < 1.29 is 14.3 Å². The van der Waals surface area contributed by atoms with E-state index in [0.717, 1.165) is 62.1 Å². The summed E-state index contributed by atoms with van der Waals surface area (Å²) in [5.74, 6) is 1.91. The normalized spacial score (nSPS) is 25.7. The van der Waals surface area contributed by atoms with Crippen molar-refractivity contribution >= 4 is 23.1 Å². The molecule has 0 saturated carbocycles. The molecule has 5 rings (SSSR count). The average Bonchev–Trinajstić information content (AvgIpc) is 2.74. The van der Waals surface area contributed by atoms with Gasteiger partial charge in [0.15, 0.2) is 5.84 Å². The summed E-state index contributed by atoms with van der Waals surface area (Å²) < 4.78 is 11.7. The lowest BCUT2D eigenvalue weighted by Crippen LogP contribution is -2.65. The van der Waals surface area contributed by atoms with Crippen molar-refractivity contribution in [3.63, 3.8) is 0 Å². The van der Waals surface area contributed by atoms with Gasteiger partial charge >= 0.3 is 0 Å². The Hall–Kier alpha value is -2.32. The summed E-state index contributed by atoms with van der Waals surface area (Å²) in [6.45, 7) is 12.7. The van der Waals surface area contributed by atoms with Gasteiger partial charge in [-0.3, -0.25) is 9.69 Å². The van der Waals surface area contributed by atoms with Crippen LogP contribution >= 0.6 is 0 Å². The first-order valence-electron chi connectivity index (χ1n) is 11.4. The predicted octanol–water partition coefficient (Wildman–Crippen LogP) is 2.51. The van der Waals surface area contributed by atoms with E-state index in [0.29, 0.717) is 18.6 Å². The van der Waals surface area contributed by atoms with Gasteiger partial charge in [0.05, 0.1) is 11.2 Å². The van der Waals surface area contributed by atoms with Gasteiger partial charge in [0.1, 0.15) is 18.4 Å². The molecule has 1 aromatic carbocycles. The highest BCUT2D eigenvalue weighted by Crippen LogP contribution is 2.44. The number of amidine groups is 1. The molecule has 2 saturated heterocycles. The summed E-state index contributed by atoms with van der Waals surface area (Å²) in [7, 11) is 0. The number of hydrazone groups is 1. The van der Waals surface area contributed by atoms with Crippen LogP contribution in [0.5, 0.6) is 5.75 Å². The number of hydrogen-bond acceptors (Lipinski definition) is 7. The van der Waals surface area contributed by atoms with Crippen LogP contribution in [0.15, 0.2) is 17.2 Å². The summed E-state index contributed by atoms with van der Waals surface area (Å²) in [5, 5.41) is 8.10. The van der Waals surface area contributed by atoms with E-state index in [1.54, 1.807) is 0 Å². The Morgan fingerprint density at radius 2 is 2.00 bits per heavy atom. The Morgan fingerprint density at radius 1 is 1.26 bits per heavy atom. The van der Waals surface area contributed by atoms with Gasteiger partial charge in [-0.05, 0) is 64.2 Å². The molecule has 0 bridgehead atoms. The van der Waals surface area contributed by atoms with Gasteiger partial charge in [0.25, 0.3) is 5.91 Å². The van der Waals surface area contributed by atoms with Crippen molar-refractivity contribution in [2.75, 3.05) is 43.1 Å². The number of rotatable bonds is 4. The zero-order valence-corrected chi connectivity index (χ0v) is 18.9. The van der Waals surface area contributed by atoms with Crippen LogP contribution in [0.4, 0.5) is 11.4 Å². The molecule has 0 spiro atoms. The second-order valence-corrected chi connectivity index (χ2v) is 9.82. The number of nitrogens with zero attached hydrogens (tertiary/aromatic N) is 3. The van der Waals surface area contributed by atoms with Gasteiger partial charge in [-0.15, -0.1) is 0 Å². The first-order chi connectivity index (χ1) is 14.8. The number of fused-ring (bicyclic) bond motifs is 3. The third-order valence-electron chi connectivity index (χ3n) is 7.02. The minimum atomic E-state index is -0.326. The van der Waals surface area contributed by atoms with E-state index < -0.39 is 0 Å². The van der Waals surface area contributed by atoms with Gasteiger partial charge in [0, 0.05) is 38.0 Å². The van der Waals surface area contributed by atoms with E-state index in [1.165, 1.54) is 5.56 Å². The molecule has 1 amide bonds. The number of benzene rings is 1. The monoisotopic (exact) mass is 427 g/mol. The van der Waals surface area contributed by atoms with E-state index in [4.69, 9.17) is 9.47 Å². The number of nitrogens with one attached hydrogen (secondary N) is 2. The van der Waals surface area contributed by atoms with Crippen molar-refractivity contribution in [1.82, 2.24) is 10.3 Å². The summed E-state index contributed by atoms with van der Waals surface area (Å²) in [4.78, 5) is 16.8. The smallest absolute Gasteiger partial charge is 0.262 e.